The molecule has 0 bridgehead atoms. The van der Waals surface area contributed by atoms with E-state index < -0.39 is 0 Å². The summed E-state index contributed by atoms with van der Waals surface area (Å²) in [5.41, 5.74) is 11.2. The van der Waals surface area contributed by atoms with Gasteiger partial charge in [-0.05, 0) is 88.4 Å². The lowest BCUT2D eigenvalue weighted by atomic mass is 9.78. The zero-order valence-corrected chi connectivity index (χ0v) is 23.8. The van der Waals surface area contributed by atoms with Gasteiger partial charge in [0.2, 0.25) is 0 Å². The highest BCUT2D eigenvalue weighted by Gasteiger charge is 2.28. The van der Waals surface area contributed by atoms with Gasteiger partial charge >= 0.3 is 0 Å². The molecule has 0 saturated heterocycles. The number of hydrogen-bond acceptors (Lipinski definition) is 6. The first-order chi connectivity index (χ1) is 18.5. The second-order valence-corrected chi connectivity index (χ2v) is 12.6. The lowest BCUT2D eigenvalue weighted by Crippen LogP contribution is -2.41. The predicted molar refractivity (Wildman–Crippen MR) is 158 cm³/mol. The number of nitrogens with two attached hydrogens (primary N) is 1. The van der Waals surface area contributed by atoms with Gasteiger partial charge in [-0.25, -0.2) is 4.98 Å². The molecule has 1 atom stereocenters. The summed E-state index contributed by atoms with van der Waals surface area (Å²) in [6.07, 6.45) is 13.3. The number of benzene rings is 1. The van der Waals surface area contributed by atoms with Gasteiger partial charge in [0.15, 0.2) is 10.9 Å². The lowest BCUT2D eigenvalue weighted by molar-refractivity contribution is 0.0937. The molecule has 5 nitrogen and oxygen atoms in total. The molecule has 1 saturated carbocycles. The van der Waals surface area contributed by atoms with Crippen LogP contribution in [-0.2, 0) is 12.8 Å². The van der Waals surface area contributed by atoms with Gasteiger partial charge in [0.05, 0.1) is 11.4 Å². The maximum Gasteiger partial charge on any atom is 0.180 e. The fraction of sp³-hybridized carbons (Fsp3) is 0.531. The van der Waals surface area contributed by atoms with E-state index in [4.69, 9.17) is 5.73 Å². The van der Waals surface area contributed by atoms with Crippen molar-refractivity contribution in [2.45, 2.75) is 84.1 Å². The number of ketones is 1. The van der Waals surface area contributed by atoms with E-state index in [9.17, 15) is 4.79 Å². The molecule has 0 unspecified atom stereocenters. The van der Waals surface area contributed by atoms with Crippen LogP contribution in [0, 0.1) is 18.8 Å². The molecular weight excluding hydrogens is 488 g/mol. The summed E-state index contributed by atoms with van der Waals surface area (Å²) in [4.78, 5) is 26.2. The minimum absolute atomic E-state index is 0.284. The number of nitrogens with zero attached hydrogens (tertiary/aromatic N) is 3. The van der Waals surface area contributed by atoms with E-state index in [0.717, 1.165) is 46.3 Å². The van der Waals surface area contributed by atoms with Crippen LogP contribution in [0.1, 0.15) is 84.8 Å². The Morgan fingerprint density at radius 2 is 1.79 bits per heavy atom. The number of Topliss-reactive ketones (excluding diaryl/α,β-unsaturated/α-hetero) is 1. The normalized spacial score (nSPS) is 21.4. The van der Waals surface area contributed by atoms with Crippen LogP contribution in [0.2, 0.25) is 0 Å². The van der Waals surface area contributed by atoms with Gasteiger partial charge in [-0.2, -0.15) is 0 Å². The average molecular weight is 531 g/mol. The SMILES string of the molecule is CCCN(CCC1CCC(CC(=O)c2ccc(-c3ccc(C)cn3)cc2)CC1)[C@H]1CCc2nc(N)sc2C1. The van der Waals surface area contributed by atoms with Gasteiger partial charge in [-0.15, -0.1) is 11.3 Å². The van der Waals surface area contributed by atoms with Crippen LogP contribution >= 0.6 is 11.3 Å². The Kier molecular flexibility index (Phi) is 8.90. The fourth-order valence-electron chi connectivity index (χ4n) is 6.37. The maximum atomic E-state index is 13.0. The number of nitrogen functional groups attached to an aromatic ring is 1. The number of fused-ring (bicyclic) bond motifs is 1. The summed E-state index contributed by atoms with van der Waals surface area (Å²) in [6.45, 7) is 6.70. The van der Waals surface area contributed by atoms with Crippen LogP contribution < -0.4 is 5.73 Å². The van der Waals surface area contributed by atoms with Crippen molar-refractivity contribution in [3.05, 3.63) is 64.3 Å². The van der Waals surface area contributed by atoms with E-state index in [1.165, 1.54) is 68.6 Å². The molecule has 2 heterocycles. The summed E-state index contributed by atoms with van der Waals surface area (Å²) >= 11 is 1.69. The number of carbonyl (C=O) groups excluding carboxylic acids is 1. The molecule has 1 fully saturated rings. The second-order valence-electron chi connectivity index (χ2n) is 11.5. The van der Waals surface area contributed by atoms with Gasteiger partial charge < -0.3 is 10.6 Å². The highest BCUT2D eigenvalue weighted by molar-refractivity contribution is 7.15. The van der Waals surface area contributed by atoms with Crippen LogP contribution in [0.4, 0.5) is 5.13 Å². The molecule has 202 valence electrons. The van der Waals surface area contributed by atoms with E-state index in [2.05, 4.69) is 27.9 Å². The number of thiazole rings is 1. The van der Waals surface area contributed by atoms with Gasteiger partial charge in [0, 0.05) is 34.7 Å². The molecule has 2 aromatic heterocycles. The quantitative estimate of drug-likeness (QED) is 0.282. The minimum atomic E-state index is 0.284. The number of aryl methyl sites for hydroxylation is 2. The van der Waals surface area contributed by atoms with Crippen molar-refractivity contribution in [3.63, 3.8) is 0 Å². The summed E-state index contributed by atoms with van der Waals surface area (Å²) in [6, 6.07) is 12.7. The monoisotopic (exact) mass is 530 g/mol. The van der Waals surface area contributed by atoms with Crippen molar-refractivity contribution in [3.8, 4) is 11.3 Å². The van der Waals surface area contributed by atoms with E-state index in [1.807, 2.05) is 43.5 Å². The number of pyridine rings is 1. The highest BCUT2D eigenvalue weighted by atomic mass is 32.1. The summed E-state index contributed by atoms with van der Waals surface area (Å²) in [5, 5.41) is 0.726. The predicted octanol–water partition coefficient (Wildman–Crippen LogP) is 7.13. The highest BCUT2D eigenvalue weighted by Crippen LogP contribution is 2.35. The summed E-state index contributed by atoms with van der Waals surface area (Å²) < 4.78 is 0. The van der Waals surface area contributed by atoms with Crippen molar-refractivity contribution in [2.24, 2.45) is 11.8 Å². The van der Waals surface area contributed by atoms with Gasteiger partial charge in [-0.3, -0.25) is 9.78 Å². The minimum Gasteiger partial charge on any atom is -0.375 e. The van der Waals surface area contributed by atoms with E-state index in [-0.39, 0.29) is 5.78 Å². The van der Waals surface area contributed by atoms with Gasteiger partial charge in [-0.1, -0.05) is 50.1 Å². The first-order valence-electron chi connectivity index (χ1n) is 14.5. The maximum absolute atomic E-state index is 13.0. The van der Waals surface area contributed by atoms with E-state index in [1.54, 1.807) is 11.3 Å². The zero-order chi connectivity index (χ0) is 26.5. The standard InChI is InChI=1S/C32H42N4OS/c1-3-17-36(27-13-15-29-31(20-27)38-32(33)35-29)18-16-23-5-7-24(8-6-23)19-30(37)26-11-9-25(10-12-26)28-14-4-22(2)21-34-28/h4,9-12,14,21,23-24,27H,3,5-8,13,15-20H2,1-2H3,(H2,33,35)/t23?,24?,27-/m0/s1. The number of carbonyl (C=O) groups is 1. The van der Waals surface area contributed by atoms with Crippen LogP contribution in [0.15, 0.2) is 42.6 Å². The Balaban J connectivity index is 1.07. The molecule has 0 radical (unpaired) electrons. The van der Waals surface area contributed by atoms with Crippen LogP contribution in [-0.4, -0.2) is 39.8 Å². The first kappa shape index (κ1) is 27.0. The number of rotatable bonds is 10. The van der Waals surface area contributed by atoms with Crippen molar-refractivity contribution in [1.29, 1.82) is 0 Å². The summed E-state index contributed by atoms with van der Waals surface area (Å²) in [5.74, 6) is 1.60. The molecule has 2 aliphatic carbocycles. The Bertz CT molecular complexity index is 1200. The zero-order valence-electron chi connectivity index (χ0n) is 23.0. The molecule has 1 aromatic carbocycles. The molecule has 0 aliphatic heterocycles. The van der Waals surface area contributed by atoms with Gasteiger partial charge in [0.25, 0.3) is 0 Å². The number of hydrogen-bond donors (Lipinski definition) is 1. The first-order valence-corrected chi connectivity index (χ1v) is 15.3. The molecule has 38 heavy (non-hydrogen) atoms. The van der Waals surface area contributed by atoms with Crippen molar-refractivity contribution < 1.29 is 4.79 Å². The third-order valence-corrected chi connectivity index (χ3v) is 9.59. The molecule has 2 aliphatic rings. The van der Waals surface area contributed by atoms with Crippen LogP contribution in [0.3, 0.4) is 0 Å². The van der Waals surface area contributed by atoms with Crippen molar-refractivity contribution in [2.75, 3.05) is 18.8 Å². The lowest BCUT2D eigenvalue weighted by Gasteiger charge is -2.36. The van der Waals surface area contributed by atoms with Crippen molar-refractivity contribution >= 4 is 22.3 Å². The smallest absolute Gasteiger partial charge is 0.180 e. The Labute approximate surface area is 231 Å². The molecule has 5 rings (SSSR count). The topological polar surface area (TPSA) is 72.1 Å². The molecular formula is C32H42N4OS. The Morgan fingerprint density at radius 3 is 2.50 bits per heavy atom. The molecule has 2 N–H and O–H groups in total. The van der Waals surface area contributed by atoms with Crippen LogP contribution in [0.5, 0.6) is 0 Å². The number of anilines is 1. The second kappa shape index (κ2) is 12.5. The largest absolute Gasteiger partial charge is 0.375 e. The molecule has 3 aromatic rings. The van der Waals surface area contributed by atoms with E-state index >= 15 is 0 Å². The summed E-state index contributed by atoms with van der Waals surface area (Å²) in [7, 11) is 0. The average Bonchev–Trinajstić information content (AvgIpc) is 3.31. The van der Waals surface area contributed by atoms with Crippen LogP contribution in [0.25, 0.3) is 11.3 Å². The van der Waals surface area contributed by atoms with E-state index in [0.29, 0.717) is 18.4 Å². The van der Waals surface area contributed by atoms with Crippen molar-refractivity contribution in [1.82, 2.24) is 14.9 Å². The molecule has 0 amide bonds. The fourth-order valence-corrected chi connectivity index (χ4v) is 7.32. The number of aromatic nitrogens is 2. The van der Waals surface area contributed by atoms with Gasteiger partial charge in [0.1, 0.15) is 0 Å². The third kappa shape index (κ3) is 6.70. The third-order valence-electron chi connectivity index (χ3n) is 8.64. The molecule has 0 spiro atoms. The Hall–Kier alpha value is -2.57. The molecule has 6 heteroatoms. The Morgan fingerprint density at radius 1 is 1.03 bits per heavy atom.